The Morgan fingerprint density at radius 1 is 1.32 bits per heavy atom. The number of hydrogen-bond acceptors (Lipinski definition) is 4. The van der Waals surface area contributed by atoms with E-state index >= 15 is 0 Å². The van der Waals surface area contributed by atoms with Crippen LogP contribution in [0.1, 0.15) is 6.92 Å². The smallest absolute Gasteiger partial charge is 0.168 e. The maximum Gasteiger partial charge on any atom is 0.168 e. The summed E-state index contributed by atoms with van der Waals surface area (Å²) in [7, 11) is 1.50. The van der Waals surface area contributed by atoms with Crippen LogP contribution in [-0.4, -0.2) is 28.3 Å². The molecule has 4 heteroatoms. The summed E-state index contributed by atoms with van der Waals surface area (Å²) in [6, 6.07) is 0. The number of ether oxygens (including phenoxy) is 1. The molecule has 0 amide bonds. The van der Waals surface area contributed by atoms with Crippen molar-refractivity contribution in [1.29, 1.82) is 0 Å². The van der Waals surface area contributed by atoms with Gasteiger partial charge in [-0.1, -0.05) is 6.08 Å². The molecule has 0 aromatic carbocycles. The van der Waals surface area contributed by atoms with Crippen LogP contribution in [0.3, 0.4) is 0 Å². The number of hydrogen-bond donors (Lipinski definition) is 2. The number of aliphatic hydroxyl groups is 2. The van der Waals surface area contributed by atoms with Crippen molar-refractivity contribution >= 4 is 0 Å². The van der Waals surface area contributed by atoms with Crippen molar-refractivity contribution in [2.45, 2.75) is 13.0 Å². The van der Waals surface area contributed by atoms with E-state index in [-0.39, 0.29) is 5.76 Å². The van der Waals surface area contributed by atoms with Crippen LogP contribution in [0.4, 0.5) is 0 Å². The SMILES string of the molecule is COC1=C2C(=CN3C=CC=CC3=C2C)C=C(O)C1O. The molecule has 0 radical (unpaired) electrons. The summed E-state index contributed by atoms with van der Waals surface area (Å²) >= 11 is 0. The maximum atomic E-state index is 9.99. The highest BCUT2D eigenvalue weighted by Gasteiger charge is 2.32. The first kappa shape index (κ1) is 11.9. The zero-order valence-corrected chi connectivity index (χ0v) is 10.8. The number of rotatable bonds is 1. The quantitative estimate of drug-likeness (QED) is 0.756. The molecule has 1 unspecified atom stereocenters. The van der Waals surface area contributed by atoms with Gasteiger partial charge in [0.25, 0.3) is 0 Å². The van der Waals surface area contributed by atoms with Gasteiger partial charge in [-0.2, -0.15) is 0 Å². The van der Waals surface area contributed by atoms with Crippen molar-refractivity contribution < 1.29 is 14.9 Å². The lowest BCUT2D eigenvalue weighted by atomic mass is 9.87. The molecule has 4 nitrogen and oxygen atoms in total. The van der Waals surface area contributed by atoms with Crippen molar-refractivity contribution in [2.75, 3.05) is 7.11 Å². The van der Waals surface area contributed by atoms with Gasteiger partial charge in [0.2, 0.25) is 0 Å². The summed E-state index contributed by atoms with van der Waals surface area (Å²) in [6.45, 7) is 1.98. The molecule has 0 saturated heterocycles. The molecular weight excluding hydrogens is 242 g/mol. The number of fused-ring (bicyclic) bond motifs is 2. The molecule has 3 aliphatic rings. The van der Waals surface area contributed by atoms with Crippen LogP contribution >= 0.6 is 0 Å². The Labute approximate surface area is 111 Å². The molecular formula is C15H15NO3. The Kier molecular flexibility index (Phi) is 2.61. The second-order valence-electron chi connectivity index (χ2n) is 4.62. The average Bonchev–Trinajstić information content (AvgIpc) is 2.41. The monoisotopic (exact) mass is 257 g/mol. The van der Waals surface area contributed by atoms with Crippen LogP contribution in [0.2, 0.25) is 0 Å². The van der Waals surface area contributed by atoms with Gasteiger partial charge in [0.05, 0.1) is 7.11 Å². The predicted molar refractivity (Wildman–Crippen MR) is 71.7 cm³/mol. The highest BCUT2D eigenvalue weighted by molar-refractivity contribution is 5.63. The molecule has 0 fully saturated rings. The van der Waals surface area contributed by atoms with Crippen LogP contribution in [0.25, 0.3) is 0 Å². The largest absolute Gasteiger partial charge is 0.509 e. The zero-order chi connectivity index (χ0) is 13.6. The summed E-state index contributed by atoms with van der Waals surface area (Å²) < 4.78 is 5.29. The van der Waals surface area contributed by atoms with Gasteiger partial charge < -0.3 is 19.8 Å². The number of aliphatic hydroxyl groups excluding tert-OH is 2. The van der Waals surface area contributed by atoms with E-state index in [2.05, 4.69) is 0 Å². The van der Waals surface area contributed by atoms with Gasteiger partial charge in [-0.15, -0.1) is 0 Å². The molecule has 0 saturated carbocycles. The van der Waals surface area contributed by atoms with Gasteiger partial charge in [-0.05, 0) is 30.7 Å². The third kappa shape index (κ3) is 1.64. The van der Waals surface area contributed by atoms with E-state index in [1.165, 1.54) is 7.11 Å². The second-order valence-corrected chi connectivity index (χ2v) is 4.62. The lowest BCUT2D eigenvalue weighted by Crippen LogP contribution is -2.26. The van der Waals surface area contributed by atoms with E-state index in [1.807, 2.05) is 42.5 Å². The summed E-state index contributed by atoms with van der Waals surface area (Å²) in [5.74, 6) is 0.290. The van der Waals surface area contributed by atoms with E-state index in [9.17, 15) is 10.2 Å². The minimum absolute atomic E-state index is 0.0976. The lowest BCUT2D eigenvalue weighted by molar-refractivity contribution is 0.113. The minimum Gasteiger partial charge on any atom is -0.509 e. The fourth-order valence-electron chi connectivity index (χ4n) is 2.61. The first-order valence-corrected chi connectivity index (χ1v) is 6.07. The number of methoxy groups -OCH3 is 1. The molecule has 2 heterocycles. The summed E-state index contributed by atoms with van der Waals surface area (Å²) in [5.41, 5.74) is 3.73. The first-order chi connectivity index (χ1) is 9.13. The van der Waals surface area contributed by atoms with Crippen molar-refractivity contribution in [3.05, 3.63) is 70.6 Å². The van der Waals surface area contributed by atoms with E-state index in [0.29, 0.717) is 5.76 Å². The summed E-state index contributed by atoms with van der Waals surface area (Å²) in [6.07, 6.45) is 10.3. The maximum absolute atomic E-state index is 9.99. The highest BCUT2D eigenvalue weighted by atomic mass is 16.5. The topological polar surface area (TPSA) is 52.9 Å². The molecule has 19 heavy (non-hydrogen) atoms. The van der Waals surface area contributed by atoms with E-state index in [1.54, 1.807) is 6.08 Å². The summed E-state index contributed by atoms with van der Waals surface area (Å²) in [5, 5.41) is 19.8. The second kappa shape index (κ2) is 4.17. The summed E-state index contributed by atoms with van der Waals surface area (Å²) in [4.78, 5) is 1.99. The van der Waals surface area contributed by atoms with Crippen LogP contribution in [0.5, 0.6) is 0 Å². The number of allylic oxidation sites excluding steroid dienone is 7. The molecule has 0 spiro atoms. The molecule has 98 valence electrons. The van der Waals surface area contributed by atoms with Crippen molar-refractivity contribution in [1.82, 2.24) is 4.90 Å². The van der Waals surface area contributed by atoms with Gasteiger partial charge in [-0.3, -0.25) is 0 Å². The van der Waals surface area contributed by atoms with E-state index in [0.717, 1.165) is 22.4 Å². The van der Waals surface area contributed by atoms with Crippen LogP contribution in [0, 0.1) is 0 Å². The molecule has 1 aliphatic carbocycles. The van der Waals surface area contributed by atoms with Gasteiger partial charge in [0.1, 0.15) is 11.5 Å². The Balaban J connectivity index is 2.22. The third-order valence-corrected chi connectivity index (χ3v) is 3.51. The molecule has 0 aromatic heterocycles. The minimum atomic E-state index is -1.10. The predicted octanol–water partition coefficient (Wildman–Crippen LogP) is 2.26. The Morgan fingerprint density at radius 3 is 2.84 bits per heavy atom. The zero-order valence-electron chi connectivity index (χ0n) is 10.8. The van der Waals surface area contributed by atoms with Crippen LogP contribution < -0.4 is 0 Å². The van der Waals surface area contributed by atoms with Gasteiger partial charge in [-0.25, -0.2) is 0 Å². The highest BCUT2D eigenvalue weighted by Crippen LogP contribution is 2.39. The fraction of sp³-hybridized carbons (Fsp3) is 0.200. The van der Waals surface area contributed by atoms with Crippen molar-refractivity contribution in [3.8, 4) is 0 Å². The Bertz CT molecular complexity index is 617. The molecule has 2 N–H and O–H groups in total. The molecule has 0 aromatic rings. The van der Waals surface area contributed by atoms with Crippen LogP contribution in [0.15, 0.2) is 70.6 Å². The third-order valence-electron chi connectivity index (χ3n) is 3.51. The molecule has 0 bridgehead atoms. The first-order valence-electron chi connectivity index (χ1n) is 6.07. The average molecular weight is 257 g/mol. The van der Waals surface area contributed by atoms with Gasteiger partial charge in [0.15, 0.2) is 6.10 Å². The normalized spacial score (nSPS) is 25.0. The van der Waals surface area contributed by atoms with Gasteiger partial charge >= 0.3 is 0 Å². The van der Waals surface area contributed by atoms with E-state index in [4.69, 9.17) is 4.74 Å². The number of nitrogens with zero attached hydrogens (tertiary/aromatic N) is 1. The lowest BCUT2D eigenvalue weighted by Gasteiger charge is -2.33. The van der Waals surface area contributed by atoms with E-state index < -0.39 is 6.10 Å². The van der Waals surface area contributed by atoms with Gasteiger partial charge in [0, 0.05) is 29.2 Å². The standard InChI is InChI=1S/C15H15NO3/c1-9-11-5-3-4-6-16(11)8-10-7-12(17)14(18)15(19-2)13(9)10/h3-8,14,17-18H,1-2H3. The van der Waals surface area contributed by atoms with Crippen molar-refractivity contribution in [3.63, 3.8) is 0 Å². The fourth-order valence-corrected chi connectivity index (χ4v) is 2.61. The molecule has 3 rings (SSSR count). The Hall–Kier alpha value is -2.20. The molecule has 2 aliphatic heterocycles. The van der Waals surface area contributed by atoms with Crippen LogP contribution in [-0.2, 0) is 4.74 Å². The molecule has 1 atom stereocenters. The van der Waals surface area contributed by atoms with Crippen molar-refractivity contribution in [2.24, 2.45) is 0 Å². The Morgan fingerprint density at radius 2 is 2.11 bits per heavy atom.